The van der Waals surface area contributed by atoms with E-state index in [4.69, 9.17) is 4.74 Å². The molecule has 3 rings (SSSR count). The van der Waals surface area contributed by atoms with Gasteiger partial charge in [-0.2, -0.15) is 0 Å². The summed E-state index contributed by atoms with van der Waals surface area (Å²) in [6.07, 6.45) is 0. The Balaban J connectivity index is 1.49. The number of para-hydroxylation sites is 1. The molecule has 0 spiro atoms. The molecule has 0 radical (unpaired) electrons. The second kappa shape index (κ2) is 7.00. The quantitative estimate of drug-likeness (QED) is 0.725. The number of carbonyl (C=O) groups excluding carboxylic acids is 1. The van der Waals surface area contributed by atoms with Crippen molar-refractivity contribution in [1.82, 2.24) is 4.98 Å². The number of hydrogen-bond donors (Lipinski definition) is 1. The zero-order valence-electron chi connectivity index (χ0n) is 11.6. The number of rotatable bonds is 5. The van der Waals surface area contributed by atoms with Gasteiger partial charge >= 0.3 is 0 Å². The minimum absolute atomic E-state index is 0.00594. The van der Waals surface area contributed by atoms with E-state index in [0.717, 1.165) is 25.4 Å². The molecule has 1 heterocycles. The molecule has 1 amide bonds. The van der Waals surface area contributed by atoms with E-state index in [1.807, 2.05) is 48.5 Å². The number of hydrogen-bond acceptors (Lipinski definition) is 4. The summed E-state index contributed by atoms with van der Waals surface area (Å²) in [5.41, 5.74) is 1.71. The molecule has 0 saturated heterocycles. The van der Waals surface area contributed by atoms with Gasteiger partial charge in [0.1, 0.15) is 11.6 Å². The fraction of sp³-hybridized carbons (Fsp3) is 0.125. The van der Waals surface area contributed by atoms with Crippen LogP contribution in [0.3, 0.4) is 0 Å². The van der Waals surface area contributed by atoms with Crippen LogP contribution in [0.2, 0.25) is 0 Å². The van der Waals surface area contributed by atoms with E-state index in [-0.39, 0.29) is 12.5 Å². The summed E-state index contributed by atoms with van der Waals surface area (Å²) < 4.78 is 7.53. The fourth-order valence-corrected chi connectivity index (χ4v) is 3.11. The van der Waals surface area contributed by atoms with Crippen LogP contribution in [0.15, 0.2) is 53.0 Å². The number of nitrogens with zero attached hydrogens (tertiary/aromatic N) is 1. The monoisotopic (exact) mass is 376 g/mol. The predicted octanol–water partition coefficient (Wildman–Crippen LogP) is 4.21. The molecule has 3 aromatic rings. The molecule has 0 bridgehead atoms. The van der Waals surface area contributed by atoms with E-state index in [9.17, 15) is 4.79 Å². The Kier molecular flexibility index (Phi) is 4.82. The van der Waals surface area contributed by atoms with Gasteiger partial charge in [0.05, 0.1) is 16.8 Å². The number of halogens is 1. The first-order valence-electron chi connectivity index (χ1n) is 6.68. The Hall–Kier alpha value is -1.76. The highest BCUT2D eigenvalue weighted by Gasteiger charge is 2.06. The van der Waals surface area contributed by atoms with Crippen molar-refractivity contribution in [2.75, 3.05) is 11.9 Å². The van der Waals surface area contributed by atoms with Gasteiger partial charge in [0, 0.05) is 10.2 Å². The largest absolute Gasteiger partial charge is 0.364 e. The highest BCUT2D eigenvalue weighted by molar-refractivity contribution is 9.10. The topological polar surface area (TPSA) is 51.2 Å². The van der Waals surface area contributed by atoms with Crippen molar-refractivity contribution in [2.24, 2.45) is 0 Å². The van der Waals surface area contributed by atoms with E-state index < -0.39 is 0 Å². The number of fused-ring (bicyclic) bond motifs is 1. The summed E-state index contributed by atoms with van der Waals surface area (Å²) in [6, 6.07) is 15.3. The molecule has 22 heavy (non-hydrogen) atoms. The number of aromatic nitrogens is 1. The van der Waals surface area contributed by atoms with Gasteiger partial charge in [-0.1, -0.05) is 28.1 Å². The zero-order chi connectivity index (χ0) is 15.4. The summed E-state index contributed by atoms with van der Waals surface area (Å²) in [7, 11) is 0. The second-order valence-electron chi connectivity index (χ2n) is 4.62. The number of carbonyl (C=O) groups is 1. The molecular formula is C16H13BrN2O2S. The third-order valence-corrected chi connectivity index (χ3v) is 4.46. The number of ether oxygens (including phenoxy) is 1. The highest BCUT2D eigenvalue weighted by atomic mass is 79.9. The van der Waals surface area contributed by atoms with E-state index in [1.165, 1.54) is 0 Å². The standard InChI is InChI=1S/C16H13BrN2O2S/c17-11-5-7-12(8-6-11)18-15(20)9-21-10-16-19-13-3-1-2-4-14(13)22-16/h1-8H,9-10H2,(H,18,20). The van der Waals surface area contributed by atoms with Crippen molar-refractivity contribution in [3.8, 4) is 0 Å². The van der Waals surface area contributed by atoms with Crippen molar-refractivity contribution in [2.45, 2.75) is 6.61 Å². The van der Waals surface area contributed by atoms with E-state index in [0.29, 0.717) is 6.61 Å². The fourth-order valence-electron chi connectivity index (χ4n) is 1.94. The van der Waals surface area contributed by atoms with Gasteiger partial charge in [0.15, 0.2) is 0 Å². The van der Waals surface area contributed by atoms with Gasteiger partial charge in [-0.25, -0.2) is 4.98 Å². The molecule has 0 saturated carbocycles. The van der Waals surface area contributed by atoms with Crippen LogP contribution in [0.4, 0.5) is 5.69 Å². The third-order valence-electron chi connectivity index (χ3n) is 2.92. The number of benzene rings is 2. The van der Waals surface area contributed by atoms with Gasteiger partial charge in [0.25, 0.3) is 0 Å². The lowest BCUT2D eigenvalue weighted by Gasteiger charge is -2.05. The lowest BCUT2D eigenvalue weighted by molar-refractivity contribution is -0.121. The van der Waals surface area contributed by atoms with Crippen LogP contribution in [-0.4, -0.2) is 17.5 Å². The molecule has 0 atom stereocenters. The first-order valence-corrected chi connectivity index (χ1v) is 8.29. The average molecular weight is 377 g/mol. The third kappa shape index (κ3) is 3.91. The zero-order valence-corrected chi connectivity index (χ0v) is 14.0. The van der Waals surface area contributed by atoms with Crippen LogP contribution in [0.25, 0.3) is 10.2 Å². The maximum atomic E-state index is 11.8. The molecule has 0 aliphatic rings. The minimum Gasteiger partial charge on any atom is -0.364 e. The first kappa shape index (κ1) is 15.1. The number of nitrogens with one attached hydrogen (secondary N) is 1. The Morgan fingerprint density at radius 3 is 2.73 bits per heavy atom. The lowest BCUT2D eigenvalue weighted by atomic mass is 10.3. The Morgan fingerprint density at radius 1 is 1.18 bits per heavy atom. The Morgan fingerprint density at radius 2 is 1.95 bits per heavy atom. The van der Waals surface area contributed by atoms with Crippen LogP contribution in [-0.2, 0) is 16.1 Å². The number of amides is 1. The summed E-state index contributed by atoms with van der Waals surface area (Å²) in [5.74, 6) is -0.177. The van der Waals surface area contributed by atoms with Crippen LogP contribution >= 0.6 is 27.3 Å². The first-order chi connectivity index (χ1) is 10.7. The normalized spacial score (nSPS) is 10.8. The number of anilines is 1. The van der Waals surface area contributed by atoms with Crippen molar-refractivity contribution in [3.63, 3.8) is 0 Å². The smallest absolute Gasteiger partial charge is 0.250 e. The molecule has 112 valence electrons. The number of thiazole rings is 1. The van der Waals surface area contributed by atoms with Crippen LogP contribution < -0.4 is 5.32 Å². The highest BCUT2D eigenvalue weighted by Crippen LogP contribution is 2.22. The molecule has 0 aliphatic heterocycles. The van der Waals surface area contributed by atoms with Crippen LogP contribution in [0.1, 0.15) is 5.01 Å². The van der Waals surface area contributed by atoms with E-state index in [1.54, 1.807) is 11.3 Å². The Bertz CT molecular complexity index is 753. The molecule has 2 aromatic carbocycles. The predicted molar refractivity (Wildman–Crippen MR) is 92.0 cm³/mol. The molecule has 4 nitrogen and oxygen atoms in total. The van der Waals surface area contributed by atoms with Gasteiger partial charge < -0.3 is 10.1 Å². The van der Waals surface area contributed by atoms with Gasteiger partial charge in [-0.05, 0) is 36.4 Å². The van der Waals surface area contributed by atoms with Gasteiger partial charge in [0.2, 0.25) is 5.91 Å². The van der Waals surface area contributed by atoms with Crippen LogP contribution in [0.5, 0.6) is 0 Å². The van der Waals surface area contributed by atoms with Crippen molar-refractivity contribution in [3.05, 3.63) is 58.0 Å². The van der Waals surface area contributed by atoms with E-state index in [2.05, 4.69) is 26.2 Å². The van der Waals surface area contributed by atoms with Crippen molar-refractivity contribution in [1.29, 1.82) is 0 Å². The van der Waals surface area contributed by atoms with E-state index >= 15 is 0 Å². The summed E-state index contributed by atoms with van der Waals surface area (Å²) in [6.45, 7) is 0.346. The van der Waals surface area contributed by atoms with Crippen molar-refractivity contribution >= 4 is 49.1 Å². The molecular weight excluding hydrogens is 364 g/mol. The SMILES string of the molecule is O=C(COCc1nc2ccccc2s1)Nc1ccc(Br)cc1. The molecule has 1 N–H and O–H groups in total. The molecule has 0 aliphatic carbocycles. The molecule has 6 heteroatoms. The Labute approximate surface area is 140 Å². The second-order valence-corrected chi connectivity index (χ2v) is 6.65. The molecule has 0 unspecified atom stereocenters. The average Bonchev–Trinajstić information content (AvgIpc) is 2.92. The summed E-state index contributed by atoms with van der Waals surface area (Å²) in [5, 5.41) is 3.65. The maximum absolute atomic E-state index is 11.8. The summed E-state index contributed by atoms with van der Waals surface area (Å²) >= 11 is 4.93. The van der Waals surface area contributed by atoms with Gasteiger partial charge in [-0.15, -0.1) is 11.3 Å². The van der Waals surface area contributed by atoms with Crippen LogP contribution in [0, 0.1) is 0 Å². The molecule has 1 aromatic heterocycles. The van der Waals surface area contributed by atoms with Gasteiger partial charge in [-0.3, -0.25) is 4.79 Å². The van der Waals surface area contributed by atoms with Crippen molar-refractivity contribution < 1.29 is 9.53 Å². The molecule has 0 fully saturated rings. The maximum Gasteiger partial charge on any atom is 0.250 e. The minimum atomic E-state index is -0.177. The lowest BCUT2D eigenvalue weighted by Crippen LogP contribution is -2.18. The summed E-state index contributed by atoms with van der Waals surface area (Å²) in [4.78, 5) is 16.3.